The zero-order valence-electron chi connectivity index (χ0n) is 32.3. The third-order valence-corrected chi connectivity index (χ3v) is 8.36. The van der Waals surface area contributed by atoms with Crippen LogP contribution >= 0.6 is 0 Å². The quantitative estimate of drug-likeness (QED) is 0.0577. The number of nitrogens with one attached hydrogen (secondary N) is 1. The summed E-state index contributed by atoms with van der Waals surface area (Å²) in [5, 5.41) is 24.6. The molecular weight excluding hydrogens is 700 g/mol. The lowest BCUT2D eigenvalue weighted by Crippen LogP contribution is -2.64. The molecule has 4 unspecified atom stereocenters. The summed E-state index contributed by atoms with van der Waals surface area (Å²) in [6.07, 6.45) is 22.0. The van der Waals surface area contributed by atoms with Crippen molar-refractivity contribution in [1.29, 1.82) is 0 Å². The summed E-state index contributed by atoms with van der Waals surface area (Å²) in [6.45, 7) is 9.53. The molecule has 15 nitrogen and oxygen atoms in total. The van der Waals surface area contributed by atoms with Gasteiger partial charge in [0.25, 0.3) is 17.5 Å². The van der Waals surface area contributed by atoms with Gasteiger partial charge in [0, 0.05) is 40.1 Å². The van der Waals surface area contributed by atoms with Crippen LogP contribution in [-0.4, -0.2) is 114 Å². The van der Waals surface area contributed by atoms with Gasteiger partial charge in [0.05, 0.1) is 30.4 Å². The molecule has 0 aliphatic carbocycles. The first-order valence-corrected chi connectivity index (χ1v) is 17.4. The van der Waals surface area contributed by atoms with Gasteiger partial charge in [0.1, 0.15) is 12.4 Å². The Morgan fingerprint density at radius 1 is 1.07 bits per heavy atom. The van der Waals surface area contributed by atoms with Gasteiger partial charge in [-0.25, -0.2) is 9.78 Å². The van der Waals surface area contributed by atoms with Crippen molar-refractivity contribution in [1.82, 2.24) is 20.3 Å². The Bertz CT molecular complexity index is 1610. The second-order valence-electron chi connectivity index (χ2n) is 12.8. The van der Waals surface area contributed by atoms with Crippen molar-refractivity contribution in [3.63, 3.8) is 0 Å². The van der Waals surface area contributed by atoms with Crippen LogP contribution in [0.15, 0.2) is 95.2 Å². The molecule has 3 amide bonds. The van der Waals surface area contributed by atoms with Crippen LogP contribution in [0.1, 0.15) is 46.3 Å². The number of aromatic nitrogens is 1. The van der Waals surface area contributed by atoms with E-state index in [1.54, 1.807) is 90.3 Å². The molecule has 15 heteroatoms. The number of allylic oxidation sites excluding steroid dienone is 11. The Morgan fingerprint density at radius 3 is 2.33 bits per heavy atom. The number of hydrogen-bond acceptors (Lipinski definition) is 12. The molecule has 2 rings (SSSR count). The number of aliphatic hydroxyl groups excluding tert-OH is 1. The molecule has 2 heterocycles. The van der Waals surface area contributed by atoms with Crippen LogP contribution < -0.4 is 5.32 Å². The maximum Gasteiger partial charge on any atom is 0.331 e. The number of rotatable bonds is 20. The van der Waals surface area contributed by atoms with Crippen LogP contribution in [0.4, 0.5) is 0 Å². The molecule has 4 atom stereocenters. The van der Waals surface area contributed by atoms with Crippen LogP contribution in [0, 0.1) is 12.3 Å². The molecule has 0 aromatic carbocycles. The number of hydrogen-bond donors (Lipinski definition) is 3. The molecule has 1 aliphatic rings. The predicted molar refractivity (Wildman–Crippen MR) is 199 cm³/mol. The second-order valence-corrected chi connectivity index (χ2v) is 12.8. The van der Waals surface area contributed by atoms with E-state index in [2.05, 4.69) is 10.3 Å². The van der Waals surface area contributed by atoms with Crippen molar-refractivity contribution in [2.45, 2.75) is 71.9 Å². The van der Waals surface area contributed by atoms with Crippen molar-refractivity contribution in [3.8, 4) is 0 Å². The van der Waals surface area contributed by atoms with Crippen molar-refractivity contribution in [2.24, 2.45) is 5.41 Å². The maximum absolute atomic E-state index is 13.6. The van der Waals surface area contributed by atoms with Gasteiger partial charge in [0.2, 0.25) is 5.91 Å². The van der Waals surface area contributed by atoms with E-state index < -0.39 is 53.8 Å². The molecule has 0 spiro atoms. The van der Waals surface area contributed by atoms with E-state index in [-0.39, 0.29) is 30.9 Å². The van der Waals surface area contributed by atoms with Crippen molar-refractivity contribution in [2.75, 3.05) is 40.7 Å². The van der Waals surface area contributed by atoms with Crippen LogP contribution in [0.5, 0.6) is 0 Å². The summed E-state index contributed by atoms with van der Waals surface area (Å²) < 4.78 is 26.4. The molecule has 1 aromatic rings. The Hall–Kier alpha value is -4.93. The summed E-state index contributed by atoms with van der Waals surface area (Å²) in [6, 6.07) is -1.19. The summed E-state index contributed by atoms with van der Waals surface area (Å²) in [5.41, 5.74) is -2.69. The third kappa shape index (κ3) is 12.9. The molecule has 0 bridgehead atoms. The lowest BCUT2D eigenvalue weighted by Gasteiger charge is -2.38. The van der Waals surface area contributed by atoms with Gasteiger partial charge in [0.15, 0.2) is 18.7 Å². The van der Waals surface area contributed by atoms with E-state index in [0.29, 0.717) is 17.9 Å². The molecule has 1 aliphatic heterocycles. The van der Waals surface area contributed by atoms with Crippen LogP contribution in [0.2, 0.25) is 0 Å². The molecule has 296 valence electrons. The number of ether oxygens (including phenoxy) is 4. The molecule has 3 N–H and O–H groups in total. The minimum absolute atomic E-state index is 0.0690. The normalized spacial score (nSPS) is 18.7. The minimum Gasteiger partial charge on any atom is -0.464 e. The number of hydroxylamine groups is 2. The number of aliphatic hydroxyl groups is 1. The lowest BCUT2D eigenvalue weighted by atomic mass is 9.81. The SMILES string of the molecule is CCOC(=O)C(C(C)OC)N(C)C(=O)C1(N(O)C(=O)C=CC=CC=CC=CCNC(=O)C(C)(C)C(O)C(C)=CC=CC=CCc2cnc(C)o2)COCO1. The highest BCUT2D eigenvalue weighted by atomic mass is 16.8. The number of aryl methyl sites for hydroxylation is 1. The van der Waals surface area contributed by atoms with E-state index in [1.807, 2.05) is 18.2 Å². The average molecular weight is 755 g/mol. The van der Waals surface area contributed by atoms with E-state index in [0.717, 1.165) is 16.7 Å². The summed E-state index contributed by atoms with van der Waals surface area (Å²) in [4.78, 5) is 56.9. The fraction of sp³-hybridized carbons (Fsp3) is 0.462. The van der Waals surface area contributed by atoms with Gasteiger partial charge in [-0.05, 0) is 40.2 Å². The average Bonchev–Trinajstić information content (AvgIpc) is 3.82. The maximum atomic E-state index is 13.6. The van der Waals surface area contributed by atoms with Crippen LogP contribution in [0.25, 0.3) is 0 Å². The summed E-state index contributed by atoms with van der Waals surface area (Å²) in [7, 11) is 2.68. The zero-order valence-corrected chi connectivity index (χ0v) is 32.3. The van der Waals surface area contributed by atoms with Gasteiger partial charge in [-0.2, -0.15) is 5.06 Å². The van der Waals surface area contributed by atoms with Gasteiger partial charge < -0.3 is 38.7 Å². The zero-order chi connectivity index (χ0) is 40.3. The molecule has 0 saturated carbocycles. The fourth-order valence-electron chi connectivity index (χ4n) is 5.11. The number of methoxy groups -OCH3 is 1. The molecule has 1 fully saturated rings. The Morgan fingerprint density at radius 2 is 1.72 bits per heavy atom. The molecule has 1 aromatic heterocycles. The van der Waals surface area contributed by atoms with E-state index in [4.69, 9.17) is 23.4 Å². The number of nitrogens with zero attached hydrogens (tertiary/aromatic N) is 3. The van der Waals surface area contributed by atoms with Gasteiger partial charge in [-0.1, -0.05) is 72.9 Å². The number of amides is 3. The van der Waals surface area contributed by atoms with Crippen LogP contribution in [-0.2, 0) is 44.5 Å². The minimum atomic E-state index is -2.24. The highest BCUT2D eigenvalue weighted by Gasteiger charge is 2.55. The molecule has 1 saturated heterocycles. The van der Waals surface area contributed by atoms with Gasteiger partial charge in [-0.3, -0.25) is 19.6 Å². The Labute approximate surface area is 316 Å². The largest absolute Gasteiger partial charge is 0.464 e. The number of carbonyl (C=O) groups is 4. The van der Waals surface area contributed by atoms with E-state index in [1.165, 1.54) is 26.3 Å². The standard InChI is InChI=1S/C39H54N4O11/c1-9-52-35(46)33(29(3)50-8)42(7)37(48)39(26-51-27-53-39)43(49)32(44)23-19-13-11-10-12-16-20-24-40-36(47)38(5,6)34(45)28(2)21-17-14-15-18-22-31-25-41-30(4)54-31/h10-21,23,25,29,33-34,45,49H,9,22,24,26-27H2,1-8H3,(H,40,47). The number of esters is 1. The first kappa shape index (κ1) is 45.2. The fourth-order valence-corrected chi connectivity index (χ4v) is 5.11. The van der Waals surface area contributed by atoms with Crippen LogP contribution in [0.3, 0.4) is 0 Å². The molecule has 54 heavy (non-hydrogen) atoms. The number of carbonyl (C=O) groups excluding carboxylic acids is 4. The molecular formula is C39H54N4O11. The first-order chi connectivity index (χ1) is 25.6. The van der Waals surface area contributed by atoms with Crippen molar-refractivity contribution < 1.29 is 52.9 Å². The summed E-state index contributed by atoms with van der Waals surface area (Å²) >= 11 is 0. The second kappa shape index (κ2) is 22.3. The van der Waals surface area contributed by atoms with Gasteiger partial charge >= 0.3 is 5.97 Å². The van der Waals surface area contributed by atoms with Crippen molar-refractivity contribution in [3.05, 3.63) is 102 Å². The lowest BCUT2D eigenvalue weighted by molar-refractivity contribution is -0.246. The topological polar surface area (TPSA) is 190 Å². The number of likely N-dealkylation sites (N-methyl/N-ethyl adjacent to an activating group) is 1. The smallest absolute Gasteiger partial charge is 0.331 e. The van der Waals surface area contributed by atoms with Gasteiger partial charge in [-0.15, -0.1) is 0 Å². The monoisotopic (exact) mass is 754 g/mol. The van der Waals surface area contributed by atoms with Crippen molar-refractivity contribution >= 4 is 23.7 Å². The Kier molecular flexibility index (Phi) is 18.7. The predicted octanol–water partition coefficient (Wildman–Crippen LogP) is 3.66. The number of oxazole rings is 1. The first-order valence-electron chi connectivity index (χ1n) is 17.4. The van der Waals surface area contributed by atoms with E-state index in [9.17, 15) is 29.5 Å². The highest BCUT2D eigenvalue weighted by molar-refractivity contribution is 5.95. The third-order valence-electron chi connectivity index (χ3n) is 8.36. The highest BCUT2D eigenvalue weighted by Crippen LogP contribution is 2.28. The van der Waals surface area contributed by atoms with E-state index >= 15 is 0 Å². The summed E-state index contributed by atoms with van der Waals surface area (Å²) in [5.74, 6) is -1.54. The molecule has 0 radical (unpaired) electrons. The Balaban J connectivity index is 1.87.